The van der Waals surface area contributed by atoms with Gasteiger partial charge in [-0.3, -0.25) is 4.90 Å². The van der Waals surface area contributed by atoms with Gasteiger partial charge in [0.15, 0.2) is 0 Å². The number of hydrogen-bond donors (Lipinski definition) is 0. The van der Waals surface area contributed by atoms with Crippen LogP contribution in [0.15, 0.2) is 24.3 Å². The van der Waals surface area contributed by atoms with Crippen molar-refractivity contribution in [2.45, 2.75) is 51.6 Å². The van der Waals surface area contributed by atoms with E-state index in [1.165, 1.54) is 19.3 Å². The van der Waals surface area contributed by atoms with Crippen LogP contribution in [0.3, 0.4) is 0 Å². The number of nitrogens with zero attached hydrogens (tertiary/aromatic N) is 1. The lowest BCUT2D eigenvalue weighted by atomic mass is 9.70. The summed E-state index contributed by atoms with van der Waals surface area (Å²) in [6.07, 6.45) is 3.92. The third kappa shape index (κ3) is 1.48. The van der Waals surface area contributed by atoms with Crippen molar-refractivity contribution in [1.29, 1.82) is 0 Å². The van der Waals surface area contributed by atoms with E-state index in [-0.39, 0.29) is 0 Å². The Balaban J connectivity index is 2.10. The molecule has 1 aromatic rings. The third-order valence-electron chi connectivity index (χ3n) is 5.25. The van der Waals surface area contributed by atoms with E-state index in [9.17, 15) is 0 Å². The largest absolute Gasteiger partial charge is 0.294 e. The summed E-state index contributed by atoms with van der Waals surface area (Å²) < 4.78 is 0. The molecule has 0 saturated carbocycles. The number of piperidine rings is 1. The molecule has 92 valence electrons. The van der Waals surface area contributed by atoms with E-state index in [4.69, 9.17) is 0 Å². The molecule has 2 atom stereocenters. The van der Waals surface area contributed by atoms with Crippen LogP contribution in [0.2, 0.25) is 0 Å². The highest BCUT2D eigenvalue weighted by Gasteiger charge is 2.51. The Kier molecular flexibility index (Phi) is 2.22. The summed E-state index contributed by atoms with van der Waals surface area (Å²) in [5.74, 6) is 0. The van der Waals surface area contributed by atoms with E-state index >= 15 is 0 Å². The van der Waals surface area contributed by atoms with Crippen molar-refractivity contribution in [3.05, 3.63) is 35.4 Å². The van der Waals surface area contributed by atoms with Gasteiger partial charge in [0.1, 0.15) is 0 Å². The Bertz CT molecular complexity index is 449. The van der Waals surface area contributed by atoms with Gasteiger partial charge in [0.05, 0.1) is 0 Å². The van der Waals surface area contributed by atoms with Crippen LogP contribution in [0.4, 0.5) is 0 Å². The van der Waals surface area contributed by atoms with Gasteiger partial charge in [0.2, 0.25) is 0 Å². The second kappa shape index (κ2) is 3.35. The van der Waals surface area contributed by atoms with E-state index < -0.39 is 0 Å². The maximum absolute atomic E-state index is 2.61. The van der Waals surface area contributed by atoms with Gasteiger partial charge in [-0.1, -0.05) is 31.2 Å². The highest BCUT2D eigenvalue weighted by Crippen LogP contribution is 2.56. The Morgan fingerprint density at radius 2 is 1.82 bits per heavy atom. The number of rotatable bonds is 0. The zero-order valence-corrected chi connectivity index (χ0v) is 11.5. The average Bonchev–Trinajstić information content (AvgIpc) is 2.58. The van der Waals surface area contributed by atoms with Gasteiger partial charge in [-0.05, 0) is 56.7 Å². The summed E-state index contributed by atoms with van der Waals surface area (Å²) in [5, 5.41) is 0. The van der Waals surface area contributed by atoms with Crippen LogP contribution in [0, 0.1) is 5.41 Å². The van der Waals surface area contributed by atoms with E-state index in [0.29, 0.717) is 17.0 Å². The van der Waals surface area contributed by atoms with Crippen molar-refractivity contribution < 1.29 is 0 Å². The van der Waals surface area contributed by atoms with Crippen LogP contribution in [0.1, 0.15) is 50.8 Å². The number of fused-ring (bicyclic) bond motifs is 3. The van der Waals surface area contributed by atoms with E-state index in [1.54, 1.807) is 11.1 Å². The lowest BCUT2D eigenvalue weighted by Gasteiger charge is -2.52. The molecule has 0 spiro atoms. The van der Waals surface area contributed by atoms with Crippen LogP contribution < -0.4 is 0 Å². The Morgan fingerprint density at radius 3 is 2.59 bits per heavy atom. The average molecular weight is 229 g/mol. The Labute approximate surface area is 105 Å². The summed E-state index contributed by atoms with van der Waals surface area (Å²) in [5.41, 5.74) is 3.94. The van der Waals surface area contributed by atoms with Crippen molar-refractivity contribution in [3.63, 3.8) is 0 Å². The second-order valence-corrected chi connectivity index (χ2v) is 6.86. The molecule has 3 rings (SSSR count). The SMILES string of the molecule is CN1[C@H]2c3ccccc3C[C@@]2(C)CCC1(C)C. The lowest BCUT2D eigenvalue weighted by molar-refractivity contribution is -0.0299. The molecule has 0 radical (unpaired) electrons. The molecule has 1 saturated heterocycles. The minimum absolute atomic E-state index is 0.335. The predicted molar refractivity (Wildman–Crippen MR) is 72.1 cm³/mol. The quantitative estimate of drug-likeness (QED) is 0.654. The number of benzene rings is 1. The van der Waals surface area contributed by atoms with Crippen molar-refractivity contribution in [2.24, 2.45) is 5.41 Å². The first-order chi connectivity index (χ1) is 7.94. The standard InChI is InChI=1S/C16H23N/c1-15(2)9-10-16(3)11-12-7-5-6-8-13(12)14(16)17(15)4/h5-8,14H,9-11H2,1-4H3/t14-,16+/m0/s1. The van der Waals surface area contributed by atoms with Crippen LogP contribution >= 0.6 is 0 Å². The number of likely N-dealkylation sites (tertiary alicyclic amines) is 1. The predicted octanol–water partition coefficient (Wildman–Crippen LogP) is 3.79. The Morgan fingerprint density at radius 1 is 1.12 bits per heavy atom. The van der Waals surface area contributed by atoms with Crippen molar-refractivity contribution in [1.82, 2.24) is 4.90 Å². The van der Waals surface area contributed by atoms with Gasteiger partial charge < -0.3 is 0 Å². The maximum Gasteiger partial charge on any atom is 0.0409 e. The molecule has 1 heteroatoms. The van der Waals surface area contributed by atoms with Gasteiger partial charge in [0.25, 0.3) is 0 Å². The minimum atomic E-state index is 0.335. The normalized spacial score (nSPS) is 35.4. The van der Waals surface area contributed by atoms with Gasteiger partial charge in [0, 0.05) is 11.6 Å². The molecule has 1 fully saturated rings. The van der Waals surface area contributed by atoms with E-state index in [0.717, 1.165) is 0 Å². The molecule has 0 unspecified atom stereocenters. The minimum Gasteiger partial charge on any atom is -0.294 e. The first kappa shape index (κ1) is 11.3. The zero-order chi connectivity index (χ0) is 12.3. The first-order valence-electron chi connectivity index (χ1n) is 6.75. The molecule has 1 nitrogen and oxygen atoms in total. The van der Waals surface area contributed by atoms with Gasteiger partial charge in [-0.2, -0.15) is 0 Å². The fourth-order valence-electron chi connectivity index (χ4n) is 3.89. The van der Waals surface area contributed by atoms with Crippen molar-refractivity contribution >= 4 is 0 Å². The smallest absolute Gasteiger partial charge is 0.0409 e. The maximum atomic E-state index is 2.61. The van der Waals surface area contributed by atoms with E-state index in [2.05, 4.69) is 57.0 Å². The summed E-state index contributed by atoms with van der Waals surface area (Å²) >= 11 is 0. The van der Waals surface area contributed by atoms with Crippen molar-refractivity contribution in [3.8, 4) is 0 Å². The van der Waals surface area contributed by atoms with Gasteiger partial charge in [-0.25, -0.2) is 0 Å². The highest BCUT2D eigenvalue weighted by molar-refractivity contribution is 5.39. The molecule has 0 aromatic heterocycles. The summed E-state index contributed by atoms with van der Waals surface area (Å²) in [6.45, 7) is 7.24. The topological polar surface area (TPSA) is 3.24 Å². The van der Waals surface area contributed by atoms with Gasteiger partial charge >= 0.3 is 0 Å². The molecule has 0 amide bonds. The number of hydrogen-bond acceptors (Lipinski definition) is 1. The van der Waals surface area contributed by atoms with Crippen LogP contribution in [-0.2, 0) is 6.42 Å². The highest BCUT2D eigenvalue weighted by atomic mass is 15.2. The first-order valence-corrected chi connectivity index (χ1v) is 6.75. The monoisotopic (exact) mass is 229 g/mol. The molecule has 1 heterocycles. The Hall–Kier alpha value is -0.820. The lowest BCUT2D eigenvalue weighted by Crippen LogP contribution is -2.52. The summed E-state index contributed by atoms with van der Waals surface area (Å²) in [7, 11) is 2.31. The van der Waals surface area contributed by atoms with E-state index in [1.807, 2.05) is 0 Å². The fraction of sp³-hybridized carbons (Fsp3) is 0.625. The molecule has 1 aliphatic heterocycles. The van der Waals surface area contributed by atoms with Gasteiger partial charge in [-0.15, -0.1) is 0 Å². The van der Waals surface area contributed by atoms with Crippen LogP contribution in [0.5, 0.6) is 0 Å². The van der Waals surface area contributed by atoms with Crippen LogP contribution in [0.25, 0.3) is 0 Å². The summed E-state index contributed by atoms with van der Waals surface area (Å²) in [6, 6.07) is 9.65. The molecular formula is C16H23N. The molecule has 0 bridgehead atoms. The molecule has 1 aliphatic carbocycles. The fourth-order valence-corrected chi connectivity index (χ4v) is 3.89. The molecule has 0 N–H and O–H groups in total. The molecular weight excluding hydrogens is 206 g/mol. The third-order valence-corrected chi connectivity index (χ3v) is 5.25. The summed E-state index contributed by atoms with van der Waals surface area (Å²) in [4.78, 5) is 2.61. The molecule has 1 aromatic carbocycles. The van der Waals surface area contributed by atoms with Crippen molar-refractivity contribution in [2.75, 3.05) is 7.05 Å². The molecule has 17 heavy (non-hydrogen) atoms. The second-order valence-electron chi connectivity index (χ2n) is 6.86. The van der Waals surface area contributed by atoms with Crippen LogP contribution in [-0.4, -0.2) is 17.5 Å². The molecule has 2 aliphatic rings. The zero-order valence-electron chi connectivity index (χ0n) is 11.5.